The van der Waals surface area contributed by atoms with Gasteiger partial charge in [-0.05, 0) is 116 Å². The zero-order chi connectivity index (χ0) is 29.7. The maximum absolute atomic E-state index is 15.3. The van der Waals surface area contributed by atoms with E-state index in [9.17, 15) is 4.39 Å². The van der Waals surface area contributed by atoms with Crippen LogP contribution in [0.2, 0.25) is 5.02 Å². The van der Waals surface area contributed by atoms with Crippen LogP contribution in [0.5, 0.6) is 5.75 Å². The number of benzene rings is 3. The number of unbranched alkanes of at least 4 members (excludes halogenated alkanes) is 2. The summed E-state index contributed by atoms with van der Waals surface area (Å²) in [4.78, 5) is 0. The third kappa shape index (κ3) is 7.51. The Kier molecular flexibility index (Phi) is 10.2. The largest absolute Gasteiger partial charge is 0.432 e. The highest BCUT2D eigenvalue weighted by Gasteiger charge is 2.44. The number of alkyl halides is 2. The maximum atomic E-state index is 15.3. The highest BCUT2D eigenvalue weighted by atomic mass is 35.5. The van der Waals surface area contributed by atoms with E-state index < -0.39 is 17.8 Å². The van der Waals surface area contributed by atoms with Crippen LogP contribution in [0.15, 0.2) is 60.7 Å². The van der Waals surface area contributed by atoms with Crippen molar-refractivity contribution in [2.45, 2.75) is 102 Å². The van der Waals surface area contributed by atoms with Gasteiger partial charge in [0.1, 0.15) is 17.4 Å². The van der Waals surface area contributed by atoms with Crippen molar-refractivity contribution in [2.75, 3.05) is 0 Å². The van der Waals surface area contributed by atoms with E-state index in [0.717, 1.165) is 30.4 Å². The fourth-order valence-corrected chi connectivity index (χ4v) is 7.13. The predicted molar refractivity (Wildman–Crippen MR) is 162 cm³/mol. The normalized spacial score (nSPS) is 23.1. The quantitative estimate of drug-likeness (QED) is 0.166. The molecule has 0 N–H and O–H groups in total. The van der Waals surface area contributed by atoms with Crippen LogP contribution >= 0.6 is 11.6 Å². The van der Waals surface area contributed by atoms with E-state index in [1.165, 1.54) is 50.7 Å². The van der Waals surface area contributed by atoms with Crippen LogP contribution in [0.4, 0.5) is 17.6 Å². The molecule has 3 aromatic carbocycles. The van der Waals surface area contributed by atoms with Gasteiger partial charge in [-0.3, -0.25) is 0 Å². The summed E-state index contributed by atoms with van der Waals surface area (Å²) in [6, 6.07) is 16.1. The Hall–Kier alpha value is -2.53. The summed E-state index contributed by atoms with van der Waals surface area (Å²) in [5, 5.41) is 0.527. The molecule has 0 unspecified atom stereocenters. The van der Waals surface area contributed by atoms with Crippen LogP contribution < -0.4 is 4.74 Å². The van der Waals surface area contributed by atoms with Crippen molar-refractivity contribution >= 4 is 11.6 Å². The van der Waals surface area contributed by atoms with Gasteiger partial charge in [0.2, 0.25) is 0 Å². The van der Waals surface area contributed by atoms with E-state index in [1.54, 1.807) is 30.3 Å². The zero-order valence-corrected chi connectivity index (χ0v) is 25.1. The van der Waals surface area contributed by atoms with Crippen LogP contribution in [-0.4, -0.2) is 6.11 Å². The summed E-state index contributed by atoms with van der Waals surface area (Å²) in [5.41, 5.74) is 2.59. The Morgan fingerprint density at radius 3 is 2.10 bits per heavy atom. The van der Waals surface area contributed by atoms with Gasteiger partial charge in [0, 0.05) is 16.7 Å². The molecule has 2 aliphatic rings. The molecule has 3 aromatic rings. The zero-order valence-electron chi connectivity index (χ0n) is 24.4. The maximum Gasteiger partial charge on any atom is 0.400 e. The molecule has 0 atom stereocenters. The number of rotatable bonds is 10. The molecule has 2 fully saturated rings. The summed E-state index contributed by atoms with van der Waals surface area (Å²) in [7, 11) is 0. The van der Waals surface area contributed by atoms with E-state index >= 15 is 13.2 Å². The Labute approximate surface area is 252 Å². The van der Waals surface area contributed by atoms with Crippen molar-refractivity contribution in [3.8, 4) is 16.9 Å². The molecule has 6 heteroatoms. The summed E-state index contributed by atoms with van der Waals surface area (Å²) < 4.78 is 65.4. The van der Waals surface area contributed by atoms with Crippen LogP contribution in [0, 0.1) is 23.5 Å². The van der Waals surface area contributed by atoms with Gasteiger partial charge in [0.15, 0.2) is 0 Å². The summed E-state index contributed by atoms with van der Waals surface area (Å²) >= 11 is 5.90. The lowest BCUT2D eigenvalue weighted by Gasteiger charge is -2.34. The van der Waals surface area contributed by atoms with Gasteiger partial charge in [-0.2, -0.15) is 8.78 Å². The minimum Gasteiger partial charge on any atom is -0.432 e. The van der Waals surface area contributed by atoms with Crippen molar-refractivity contribution in [2.24, 2.45) is 11.8 Å². The summed E-state index contributed by atoms with van der Waals surface area (Å²) in [6.07, 6.45) is 7.76. The smallest absolute Gasteiger partial charge is 0.400 e. The monoisotopic (exact) mass is 600 g/mol. The number of hydrogen-bond donors (Lipinski definition) is 0. The molecule has 5 rings (SSSR count). The van der Waals surface area contributed by atoms with Crippen molar-refractivity contribution in [3.05, 3.63) is 88.4 Å². The molecular formula is C36H41ClF4O. The van der Waals surface area contributed by atoms with Crippen molar-refractivity contribution in [1.82, 2.24) is 0 Å². The standard InChI is InChI=1S/C36H41ClF4O/c1-2-3-4-5-24-6-8-25(9-7-24)28-14-20-32(34(38)22-28)26-10-15-29(16-11-26)36(40,41)42-31-19-21-33(35(39)23-31)27-12-17-30(37)18-13-27/h12-14,17-26,29H,2-11,15-16H2,1H3. The Balaban J connectivity index is 1.14. The SMILES string of the molecule is CCCCCC1CCC(c2ccc(C3CCC(C(F)(F)Oc4ccc(-c5ccc(Cl)cc5)c(F)c4)CC3)c(F)c2)CC1. The second kappa shape index (κ2) is 13.8. The van der Waals surface area contributed by atoms with Gasteiger partial charge in [-0.1, -0.05) is 68.5 Å². The van der Waals surface area contributed by atoms with Gasteiger partial charge in [0.25, 0.3) is 0 Å². The third-order valence-electron chi connectivity index (χ3n) is 9.55. The lowest BCUT2D eigenvalue weighted by atomic mass is 9.75. The highest BCUT2D eigenvalue weighted by molar-refractivity contribution is 6.30. The molecule has 226 valence electrons. The van der Waals surface area contributed by atoms with Gasteiger partial charge in [-0.25, -0.2) is 8.78 Å². The van der Waals surface area contributed by atoms with Crippen LogP contribution in [-0.2, 0) is 0 Å². The van der Waals surface area contributed by atoms with Gasteiger partial charge in [0.05, 0.1) is 5.92 Å². The molecular weight excluding hydrogens is 560 g/mol. The Bertz CT molecular complexity index is 1310. The van der Waals surface area contributed by atoms with Crippen LogP contribution in [0.1, 0.15) is 107 Å². The molecule has 2 saturated carbocycles. The summed E-state index contributed by atoms with van der Waals surface area (Å²) in [5.74, 6) is -0.948. The van der Waals surface area contributed by atoms with E-state index in [4.69, 9.17) is 16.3 Å². The molecule has 0 saturated heterocycles. The lowest BCUT2D eigenvalue weighted by Crippen LogP contribution is -2.37. The molecule has 2 aliphatic carbocycles. The Morgan fingerprint density at radius 2 is 1.45 bits per heavy atom. The van der Waals surface area contributed by atoms with Crippen LogP contribution in [0.3, 0.4) is 0 Å². The van der Waals surface area contributed by atoms with Crippen molar-refractivity contribution in [3.63, 3.8) is 0 Å². The summed E-state index contributed by atoms with van der Waals surface area (Å²) in [6.45, 7) is 2.23. The first-order chi connectivity index (χ1) is 20.2. The lowest BCUT2D eigenvalue weighted by molar-refractivity contribution is -0.222. The van der Waals surface area contributed by atoms with E-state index in [0.29, 0.717) is 34.9 Å². The Morgan fingerprint density at radius 1 is 0.762 bits per heavy atom. The van der Waals surface area contributed by atoms with E-state index in [-0.39, 0.29) is 35.9 Å². The van der Waals surface area contributed by atoms with Gasteiger partial charge < -0.3 is 4.74 Å². The average molecular weight is 601 g/mol. The minimum absolute atomic E-state index is 0.0866. The molecule has 0 spiro atoms. The van der Waals surface area contributed by atoms with Crippen molar-refractivity contribution in [1.29, 1.82) is 0 Å². The van der Waals surface area contributed by atoms with Crippen molar-refractivity contribution < 1.29 is 22.3 Å². The van der Waals surface area contributed by atoms with E-state index in [1.807, 2.05) is 6.07 Å². The van der Waals surface area contributed by atoms with Gasteiger partial charge >= 0.3 is 6.11 Å². The predicted octanol–water partition coefficient (Wildman–Crippen LogP) is 12.1. The highest BCUT2D eigenvalue weighted by Crippen LogP contribution is 2.45. The fourth-order valence-electron chi connectivity index (χ4n) is 7.00. The third-order valence-corrected chi connectivity index (χ3v) is 9.80. The fraction of sp³-hybridized carbons (Fsp3) is 0.500. The minimum atomic E-state index is -3.45. The second-order valence-electron chi connectivity index (χ2n) is 12.4. The molecule has 1 nitrogen and oxygen atoms in total. The van der Waals surface area contributed by atoms with E-state index in [2.05, 4.69) is 13.0 Å². The molecule has 0 aromatic heterocycles. The second-order valence-corrected chi connectivity index (χ2v) is 12.8. The number of hydrogen-bond acceptors (Lipinski definition) is 1. The average Bonchev–Trinajstić information content (AvgIpc) is 2.98. The first kappa shape index (κ1) is 30.9. The molecule has 0 radical (unpaired) electrons. The molecule has 0 heterocycles. The number of halogens is 5. The first-order valence-electron chi connectivity index (χ1n) is 15.6. The van der Waals surface area contributed by atoms with Crippen LogP contribution in [0.25, 0.3) is 11.1 Å². The molecule has 0 bridgehead atoms. The first-order valence-corrected chi connectivity index (χ1v) is 16.0. The topological polar surface area (TPSA) is 9.23 Å². The molecule has 0 amide bonds. The number of ether oxygens (including phenoxy) is 1. The molecule has 42 heavy (non-hydrogen) atoms. The molecule has 0 aliphatic heterocycles. The van der Waals surface area contributed by atoms with Gasteiger partial charge in [-0.15, -0.1) is 0 Å².